The smallest absolute Gasteiger partial charge is 0.431 e. The molecule has 2 aliphatic heterocycles. The average Bonchev–Trinajstić information content (AvgIpc) is 3.77. The van der Waals surface area contributed by atoms with Crippen molar-refractivity contribution in [2.45, 2.75) is 188 Å². The summed E-state index contributed by atoms with van der Waals surface area (Å²) in [5.74, 6) is -5.79. The normalized spacial score (nSPS) is 35.6. The van der Waals surface area contributed by atoms with E-state index in [1.54, 1.807) is 37.6 Å². The highest BCUT2D eigenvalue weighted by Gasteiger charge is 2.56. The zero-order chi connectivity index (χ0) is 52.6. The summed E-state index contributed by atoms with van der Waals surface area (Å²) in [6.45, 7) is 17.0. The van der Waals surface area contributed by atoms with Gasteiger partial charge in [0.25, 0.3) is 5.67 Å². The Morgan fingerprint density at radius 3 is 2.45 bits per heavy atom. The molecule has 398 valence electrons. The Balaban J connectivity index is 1.57. The number of fused-ring (bicyclic) bond motifs is 5. The molecule has 4 heterocycles. The fourth-order valence-corrected chi connectivity index (χ4v) is 12.2. The summed E-state index contributed by atoms with van der Waals surface area (Å²) in [5, 5.41) is 33.8. The number of halogens is 1. The van der Waals surface area contributed by atoms with Crippen LogP contribution in [-0.4, -0.2) is 128 Å². The van der Waals surface area contributed by atoms with E-state index < -0.39 is 84.5 Å². The third kappa shape index (κ3) is 14.4. The molecule has 0 aromatic carbocycles. The molecule has 1 amide bonds. The van der Waals surface area contributed by atoms with Gasteiger partial charge in [0.2, 0.25) is 5.91 Å². The number of oxime groups is 1. The van der Waals surface area contributed by atoms with E-state index >= 15 is 4.39 Å². The number of hydrogen-bond acceptors (Lipinski definition) is 16. The molecule has 21 heteroatoms. The van der Waals surface area contributed by atoms with E-state index in [0.29, 0.717) is 40.5 Å². The second-order valence-electron chi connectivity index (χ2n) is 20.6. The molecule has 2 aromatic rings. The first-order chi connectivity index (χ1) is 33.3. The first kappa shape index (κ1) is 58.3. The summed E-state index contributed by atoms with van der Waals surface area (Å²) in [6.07, 6.45) is -0.110. The molecular weight excluding hydrogens is 959 g/mol. The first-order valence-corrected chi connectivity index (χ1v) is 27.5. The van der Waals surface area contributed by atoms with Crippen LogP contribution in [0.15, 0.2) is 33.9 Å². The fraction of sp³-hybridized carbons (Fsp3) is 0.740. The number of carbonyl (C=O) groups is 3. The van der Waals surface area contributed by atoms with Gasteiger partial charge in [-0.1, -0.05) is 60.0 Å². The third-order valence-corrected chi connectivity index (χ3v) is 16.6. The van der Waals surface area contributed by atoms with Crippen LogP contribution in [0.5, 0.6) is 0 Å². The number of hydrogen-bond donors (Lipinski definition) is 4. The summed E-state index contributed by atoms with van der Waals surface area (Å²) in [6, 6.07) is 3.18. The van der Waals surface area contributed by atoms with Gasteiger partial charge in [-0.15, -0.1) is 11.3 Å². The number of carbonyl (C=O) groups excluding carboxylic acids is 3. The Morgan fingerprint density at radius 1 is 1.10 bits per heavy atom. The lowest BCUT2D eigenvalue weighted by Gasteiger charge is -2.48. The molecule has 0 radical (unpaired) electrons. The van der Waals surface area contributed by atoms with Crippen LogP contribution in [0.3, 0.4) is 0 Å². The van der Waals surface area contributed by atoms with Crippen molar-refractivity contribution in [3.8, 4) is 10.6 Å². The molecule has 3 aliphatic rings. The number of ether oxygens (including phenoxy) is 3. The van der Waals surface area contributed by atoms with Gasteiger partial charge in [-0.3, -0.25) is 24.2 Å². The molecule has 14 atom stereocenters. The Hall–Kier alpha value is -3.59. The van der Waals surface area contributed by atoms with Crippen molar-refractivity contribution >= 4 is 54.0 Å². The second kappa shape index (κ2) is 24.6. The maximum Gasteiger partial charge on any atom is 0.431 e. The minimum absolute atomic E-state index is 0.0264. The highest BCUT2D eigenvalue weighted by molar-refractivity contribution is 7.54. The number of anilines is 1. The van der Waals surface area contributed by atoms with Crippen molar-refractivity contribution in [3.63, 3.8) is 0 Å². The molecule has 1 aliphatic carbocycles. The molecule has 5 rings (SSSR count). The van der Waals surface area contributed by atoms with Crippen LogP contribution < -0.4 is 5.09 Å². The molecule has 1 saturated carbocycles. The molecule has 3 fully saturated rings. The van der Waals surface area contributed by atoms with Gasteiger partial charge in [0.1, 0.15) is 28.6 Å². The van der Waals surface area contributed by atoms with Crippen LogP contribution in [0.2, 0.25) is 0 Å². The van der Waals surface area contributed by atoms with E-state index in [1.807, 2.05) is 53.6 Å². The Bertz CT molecular complexity index is 2240. The number of likely N-dealkylation sites (N-methyl/N-ethyl adjacent to an activating group) is 1. The Kier molecular flexibility index (Phi) is 20.2. The second-order valence-corrected chi connectivity index (χ2v) is 23.0. The number of thiazole rings is 1. The maximum atomic E-state index is 17.1. The summed E-state index contributed by atoms with van der Waals surface area (Å²) in [4.78, 5) is 73.8. The van der Waals surface area contributed by atoms with Gasteiger partial charge in [-0.2, -0.15) is 0 Å². The lowest BCUT2D eigenvalue weighted by atomic mass is 9.65. The van der Waals surface area contributed by atoms with Crippen molar-refractivity contribution in [3.05, 3.63) is 29.4 Å². The van der Waals surface area contributed by atoms with Crippen molar-refractivity contribution in [1.29, 1.82) is 0 Å². The van der Waals surface area contributed by atoms with E-state index in [9.17, 15) is 34.1 Å². The van der Waals surface area contributed by atoms with E-state index in [2.05, 4.69) is 20.2 Å². The zero-order valence-electron chi connectivity index (χ0n) is 43.6. The molecule has 18 nitrogen and oxygen atoms in total. The number of aliphatic hydroxyl groups is 2. The number of aliphatic hydroxyl groups excluding tert-OH is 1. The van der Waals surface area contributed by atoms with Crippen molar-refractivity contribution in [2.24, 2.45) is 39.2 Å². The standard InChI is InChI=1S/C50H78FN6O12PS/c1-13-16-23-66-70(63,64)56-39-28-71-45(53-39)33-17-18-35(52-26-33)27-65-55-34-19-20-36-31(6)41(54-40(58)15-3)29(4)25-48(8,22-21-34)44(69-46-42(59)37(57(11)12)24-30(5)67-46)32(7)43(60)49(9,51)47(61)68-38(14-2)50(36,10)62/h17-18,26,28-32,36-38,42,44,46,59,62H,13-16,19-25,27H2,1-12H3,(H2,56,63,64)/b54-41+,55-34+/t29-,30-,31-,32+,36-,37+,38-,42-,44-,46+,48-,49+,50+/m1/s1. The zero-order valence-corrected chi connectivity index (χ0v) is 45.3. The highest BCUT2D eigenvalue weighted by Crippen LogP contribution is 2.48. The first-order valence-electron chi connectivity index (χ1n) is 25.1. The monoisotopic (exact) mass is 1040 g/mol. The summed E-state index contributed by atoms with van der Waals surface area (Å²) in [7, 11) is -0.408. The predicted octanol–water partition coefficient (Wildman–Crippen LogP) is 8.47. The van der Waals surface area contributed by atoms with Crippen molar-refractivity contribution < 1.29 is 62.0 Å². The number of nitrogens with one attached hydrogen (secondary N) is 1. The summed E-state index contributed by atoms with van der Waals surface area (Å²) in [5.41, 5.74) is -3.73. The largest absolute Gasteiger partial charge is 0.457 e. The van der Waals surface area contributed by atoms with Crippen molar-refractivity contribution in [2.75, 3.05) is 25.8 Å². The molecule has 2 aromatic heterocycles. The predicted molar refractivity (Wildman–Crippen MR) is 269 cm³/mol. The lowest BCUT2D eigenvalue weighted by molar-refractivity contribution is -0.287. The number of aliphatic imine (C=N–C) groups is 1. The molecule has 4 N–H and O–H groups in total. The van der Waals surface area contributed by atoms with Crippen LogP contribution >= 0.6 is 19.1 Å². The van der Waals surface area contributed by atoms with Crippen LogP contribution in [0.4, 0.5) is 10.2 Å². The van der Waals surface area contributed by atoms with Crippen LogP contribution in [0, 0.1) is 29.1 Å². The minimum atomic E-state index is -4.09. The lowest BCUT2D eigenvalue weighted by Crippen LogP contribution is -2.59. The SMILES string of the molecule is CCCCOP(=O)(O)Nc1csc(-c2ccc(CO/N=C3\CC[C@@H]4[C@@H](C)/C(=N/C(=O)CC)[C@H](C)C[C@@](C)(CC3)[C@H](O[C@@H]3O[C@H](C)C[C@H](N(C)C)[C@H]3O)[C@@H](C)C(=O)[C@](C)(F)C(=O)O[C@H](CC)[C@@]4(C)O)nc2)n1. The number of unbranched alkanes of at least 4 members (excludes halogenated alkanes) is 1. The molecule has 2 saturated heterocycles. The number of esters is 1. The van der Waals surface area contributed by atoms with Gasteiger partial charge in [-0.25, -0.2) is 23.7 Å². The van der Waals surface area contributed by atoms with Crippen LogP contribution in [0.25, 0.3) is 10.6 Å². The highest BCUT2D eigenvalue weighted by atomic mass is 32.1. The number of rotatable bonds is 15. The number of ketones is 1. The third-order valence-electron chi connectivity index (χ3n) is 14.6. The number of amides is 1. The minimum Gasteiger partial charge on any atom is -0.457 e. The van der Waals surface area contributed by atoms with Crippen molar-refractivity contribution in [1.82, 2.24) is 14.9 Å². The maximum absolute atomic E-state index is 17.1. The fourth-order valence-electron chi connectivity index (χ4n) is 10.5. The quantitative estimate of drug-likeness (QED) is 0.0430. The number of aromatic nitrogens is 2. The molecule has 1 unspecified atom stereocenters. The van der Waals surface area contributed by atoms with E-state index in [1.165, 1.54) is 25.2 Å². The van der Waals surface area contributed by atoms with Gasteiger partial charge >= 0.3 is 13.7 Å². The topological polar surface area (TPSA) is 241 Å². The molecule has 0 spiro atoms. The Morgan fingerprint density at radius 2 is 1.82 bits per heavy atom. The van der Waals surface area contributed by atoms with Crippen LogP contribution in [-0.2, 0) is 49.1 Å². The number of Topliss-reactive ketones (excluding diaryl/α,β-unsaturated/α-hetero) is 1. The molecule has 2 bridgehead atoms. The van der Waals surface area contributed by atoms with E-state index in [0.717, 1.165) is 13.3 Å². The van der Waals surface area contributed by atoms with Gasteiger partial charge in [0.15, 0.2) is 18.7 Å². The number of cyclic esters (lactones) is 1. The average molecular weight is 1040 g/mol. The number of nitrogens with zero attached hydrogens (tertiary/aromatic N) is 5. The van der Waals surface area contributed by atoms with Gasteiger partial charge in [0.05, 0.1) is 30.2 Å². The van der Waals surface area contributed by atoms with E-state index in [-0.39, 0.29) is 82.0 Å². The van der Waals surface area contributed by atoms with Gasteiger partial charge in [0, 0.05) is 47.2 Å². The summed E-state index contributed by atoms with van der Waals surface area (Å²) >= 11 is 1.26. The number of pyridine rings is 1. The van der Waals surface area contributed by atoms with Crippen LogP contribution in [0.1, 0.15) is 139 Å². The summed E-state index contributed by atoms with van der Waals surface area (Å²) < 4.78 is 53.7. The van der Waals surface area contributed by atoms with Gasteiger partial charge in [-0.05, 0) is 116 Å². The van der Waals surface area contributed by atoms with E-state index in [4.69, 9.17) is 28.6 Å². The van der Waals surface area contributed by atoms with Gasteiger partial charge < -0.3 is 39.1 Å². The molecule has 71 heavy (non-hydrogen) atoms. The molecular formula is C50H78FN6O12PS. The Labute approximate surface area is 422 Å². The number of alkyl halides is 1.